The summed E-state index contributed by atoms with van der Waals surface area (Å²) in [5.74, 6) is -0.867. The van der Waals surface area contributed by atoms with Gasteiger partial charge in [-0.2, -0.15) is 0 Å². The van der Waals surface area contributed by atoms with Crippen molar-refractivity contribution in [2.24, 2.45) is 0 Å². The molecule has 0 bridgehead atoms. The molecule has 0 fully saturated rings. The molecule has 0 saturated carbocycles. The number of aryl methyl sites for hydroxylation is 2. The molecule has 0 aromatic heterocycles. The Balaban J connectivity index is 2.84. The van der Waals surface area contributed by atoms with E-state index in [0.717, 1.165) is 11.1 Å². The van der Waals surface area contributed by atoms with E-state index in [1.807, 2.05) is 19.1 Å². The van der Waals surface area contributed by atoms with Crippen molar-refractivity contribution in [3.63, 3.8) is 0 Å². The highest BCUT2D eigenvalue weighted by atomic mass is 16.6. The second-order valence-electron chi connectivity index (χ2n) is 5.68. The van der Waals surface area contributed by atoms with E-state index in [0.29, 0.717) is 12.1 Å². The summed E-state index contributed by atoms with van der Waals surface area (Å²) in [4.78, 5) is 22.4. The van der Waals surface area contributed by atoms with Crippen LogP contribution in [0.3, 0.4) is 0 Å². The third-order valence-electron chi connectivity index (χ3n) is 2.51. The zero-order chi connectivity index (χ0) is 15.3. The van der Waals surface area contributed by atoms with E-state index in [2.05, 4.69) is 5.32 Å². The van der Waals surface area contributed by atoms with Gasteiger partial charge in [0.15, 0.2) is 0 Å². The van der Waals surface area contributed by atoms with Gasteiger partial charge in [0.1, 0.15) is 5.60 Å². The third-order valence-corrected chi connectivity index (χ3v) is 2.51. The van der Waals surface area contributed by atoms with Crippen LogP contribution in [0.5, 0.6) is 0 Å². The van der Waals surface area contributed by atoms with Crippen molar-refractivity contribution in [3.8, 4) is 0 Å². The summed E-state index contributed by atoms with van der Waals surface area (Å²) in [5.41, 5.74) is 1.79. The van der Waals surface area contributed by atoms with Crippen molar-refractivity contribution in [1.29, 1.82) is 0 Å². The normalized spacial score (nSPS) is 11.0. The molecule has 0 heterocycles. The third kappa shape index (κ3) is 5.73. The second kappa shape index (κ2) is 6.41. The predicted octanol–water partition coefficient (Wildman–Crippen LogP) is 3.36. The van der Waals surface area contributed by atoms with Gasteiger partial charge in [0.05, 0.1) is 0 Å². The SMILES string of the molecule is Cc1ccc(CCC(=O)O)c(NC(=O)OC(C)(C)C)c1. The van der Waals surface area contributed by atoms with Gasteiger partial charge >= 0.3 is 12.1 Å². The number of carboxylic acid groups (broad SMARTS) is 1. The lowest BCUT2D eigenvalue weighted by Crippen LogP contribution is -2.27. The quantitative estimate of drug-likeness (QED) is 0.886. The summed E-state index contributed by atoms with van der Waals surface area (Å²) >= 11 is 0. The molecule has 5 nitrogen and oxygen atoms in total. The summed E-state index contributed by atoms with van der Waals surface area (Å²) in [6.07, 6.45) is -0.160. The van der Waals surface area contributed by atoms with Crippen molar-refractivity contribution in [2.75, 3.05) is 5.32 Å². The standard InChI is InChI=1S/C15H21NO4/c1-10-5-6-11(7-8-13(17)18)12(9-10)16-14(19)20-15(2,3)4/h5-6,9H,7-8H2,1-4H3,(H,16,19)(H,17,18). The Kier molecular flexibility index (Phi) is 5.13. The molecule has 0 aliphatic rings. The van der Waals surface area contributed by atoms with Crippen LogP contribution in [-0.4, -0.2) is 22.8 Å². The molecule has 110 valence electrons. The average Bonchev–Trinajstić information content (AvgIpc) is 2.24. The first-order valence-corrected chi connectivity index (χ1v) is 6.49. The maximum absolute atomic E-state index is 11.8. The molecule has 0 atom stereocenters. The minimum absolute atomic E-state index is 0.0199. The molecule has 0 aliphatic carbocycles. The number of hydrogen-bond acceptors (Lipinski definition) is 3. The van der Waals surface area contributed by atoms with E-state index in [1.165, 1.54) is 0 Å². The first-order valence-electron chi connectivity index (χ1n) is 6.49. The summed E-state index contributed by atoms with van der Waals surface area (Å²) < 4.78 is 5.20. The van der Waals surface area contributed by atoms with Gasteiger partial charge in [-0.25, -0.2) is 4.79 Å². The molecule has 0 saturated heterocycles. The van der Waals surface area contributed by atoms with Crippen LogP contribution in [0.1, 0.15) is 38.3 Å². The van der Waals surface area contributed by atoms with E-state index in [9.17, 15) is 9.59 Å². The first-order chi connectivity index (χ1) is 9.17. The maximum Gasteiger partial charge on any atom is 0.412 e. The molecule has 1 amide bonds. The van der Waals surface area contributed by atoms with Crippen LogP contribution in [0.25, 0.3) is 0 Å². The fraction of sp³-hybridized carbons (Fsp3) is 0.467. The van der Waals surface area contributed by atoms with Gasteiger partial charge in [-0.3, -0.25) is 10.1 Å². The molecule has 0 radical (unpaired) electrons. The second-order valence-corrected chi connectivity index (χ2v) is 5.68. The number of anilines is 1. The smallest absolute Gasteiger partial charge is 0.412 e. The minimum Gasteiger partial charge on any atom is -0.481 e. The van der Waals surface area contributed by atoms with Crippen LogP contribution in [-0.2, 0) is 16.0 Å². The van der Waals surface area contributed by atoms with Gasteiger partial charge in [-0.1, -0.05) is 12.1 Å². The number of carbonyl (C=O) groups is 2. The summed E-state index contributed by atoms with van der Waals surface area (Å²) in [6.45, 7) is 7.26. The van der Waals surface area contributed by atoms with E-state index in [1.54, 1.807) is 26.8 Å². The van der Waals surface area contributed by atoms with Crippen LogP contribution >= 0.6 is 0 Å². The number of carboxylic acids is 1. The van der Waals surface area contributed by atoms with Crippen LogP contribution in [0.2, 0.25) is 0 Å². The van der Waals surface area contributed by atoms with Crippen LogP contribution in [0, 0.1) is 6.92 Å². The van der Waals surface area contributed by atoms with Gasteiger partial charge in [-0.05, 0) is 51.3 Å². The minimum atomic E-state index is -0.867. The number of carbonyl (C=O) groups excluding carboxylic acids is 1. The first kappa shape index (κ1) is 16.0. The van der Waals surface area contributed by atoms with Gasteiger partial charge < -0.3 is 9.84 Å². The molecule has 20 heavy (non-hydrogen) atoms. The van der Waals surface area contributed by atoms with Crippen molar-refractivity contribution in [3.05, 3.63) is 29.3 Å². The summed E-state index contributed by atoms with van der Waals surface area (Å²) in [6, 6.07) is 5.52. The molecule has 2 N–H and O–H groups in total. The molecule has 0 unspecified atom stereocenters. The van der Waals surface area contributed by atoms with Crippen molar-refractivity contribution < 1.29 is 19.4 Å². The molecule has 1 aromatic carbocycles. The number of rotatable bonds is 4. The number of ether oxygens (including phenoxy) is 1. The fourth-order valence-corrected chi connectivity index (χ4v) is 1.68. The van der Waals surface area contributed by atoms with E-state index in [4.69, 9.17) is 9.84 Å². The van der Waals surface area contributed by atoms with E-state index < -0.39 is 17.7 Å². The monoisotopic (exact) mass is 279 g/mol. The Morgan fingerprint density at radius 2 is 1.95 bits per heavy atom. The lowest BCUT2D eigenvalue weighted by molar-refractivity contribution is -0.136. The molecule has 0 spiro atoms. The lowest BCUT2D eigenvalue weighted by Gasteiger charge is -2.20. The Labute approximate surface area is 118 Å². The summed E-state index contributed by atoms with van der Waals surface area (Å²) in [5, 5.41) is 11.4. The lowest BCUT2D eigenvalue weighted by atomic mass is 10.1. The molecule has 1 aromatic rings. The Morgan fingerprint density at radius 3 is 2.50 bits per heavy atom. The number of benzene rings is 1. The van der Waals surface area contributed by atoms with Crippen molar-refractivity contribution in [2.45, 2.75) is 46.1 Å². The Morgan fingerprint density at radius 1 is 1.30 bits per heavy atom. The van der Waals surface area contributed by atoms with Gasteiger partial charge in [0.25, 0.3) is 0 Å². The van der Waals surface area contributed by atoms with Crippen LogP contribution in [0.4, 0.5) is 10.5 Å². The maximum atomic E-state index is 11.8. The van der Waals surface area contributed by atoms with Crippen molar-refractivity contribution in [1.82, 2.24) is 0 Å². The van der Waals surface area contributed by atoms with Gasteiger partial charge in [0.2, 0.25) is 0 Å². The van der Waals surface area contributed by atoms with Gasteiger partial charge in [-0.15, -0.1) is 0 Å². The Hall–Kier alpha value is -2.04. The van der Waals surface area contributed by atoms with Gasteiger partial charge in [0, 0.05) is 12.1 Å². The zero-order valence-electron chi connectivity index (χ0n) is 12.3. The fourth-order valence-electron chi connectivity index (χ4n) is 1.68. The van der Waals surface area contributed by atoms with Crippen molar-refractivity contribution >= 4 is 17.7 Å². The molecular formula is C15H21NO4. The van der Waals surface area contributed by atoms with Crippen LogP contribution in [0.15, 0.2) is 18.2 Å². The zero-order valence-corrected chi connectivity index (χ0v) is 12.3. The number of nitrogens with one attached hydrogen (secondary N) is 1. The molecule has 0 aliphatic heterocycles. The highest BCUT2D eigenvalue weighted by Gasteiger charge is 2.17. The summed E-state index contributed by atoms with van der Waals surface area (Å²) in [7, 11) is 0. The molecular weight excluding hydrogens is 258 g/mol. The van der Waals surface area contributed by atoms with E-state index in [-0.39, 0.29) is 6.42 Å². The largest absolute Gasteiger partial charge is 0.481 e. The number of hydrogen-bond donors (Lipinski definition) is 2. The highest BCUT2D eigenvalue weighted by Crippen LogP contribution is 2.20. The van der Waals surface area contributed by atoms with E-state index >= 15 is 0 Å². The number of amides is 1. The highest BCUT2D eigenvalue weighted by molar-refractivity contribution is 5.86. The number of aliphatic carboxylic acids is 1. The molecule has 1 rings (SSSR count). The molecule has 5 heteroatoms. The van der Waals surface area contributed by atoms with Crippen LogP contribution < -0.4 is 5.32 Å². The average molecular weight is 279 g/mol. The Bertz CT molecular complexity index is 503. The predicted molar refractivity (Wildman–Crippen MR) is 77.0 cm³/mol. The topological polar surface area (TPSA) is 75.6 Å².